The smallest absolute Gasteiger partial charge is 0.125 e. The highest BCUT2D eigenvalue weighted by atomic mass is 15.0. The Morgan fingerprint density at radius 2 is 2.47 bits per heavy atom. The average molecular weight is 205 g/mol. The molecule has 1 aliphatic heterocycles. The molecule has 0 bridgehead atoms. The molecule has 0 aliphatic carbocycles. The van der Waals surface area contributed by atoms with Gasteiger partial charge in [-0.15, -0.1) is 0 Å². The van der Waals surface area contributed by atoms with Crippen LogP contribution in [0.15, 0.2) is 24.4 Å². The maximum absolute atomic E-state index is 4.23. The highest BCUT2D eigenvalue weighted by Crippen LogP contribution is 2.13. The topological polar surface area (TPSA) is 37.0 Å². The van der Waals surface area contributed by atoms with E-state index in [1.807, 2.05) is 24.4 Å². The molecule has 0 radical (unpaired) electrons. The summed E-state index contributed by atoms with van der Waals surface area (Å²) in [6, 6.07) is 5.97. The molecule has 3 heteroatoms. The molecule has 0 aromatic carbocycles. The molecular weight excluding hydrogens is 186 g/mol. The molecule has 1 atom stereocenters. The van der Waals surface area contributed by atoms with Crippen LogP contribution in [0.4, 0.5) is 5.82 Å². The number of anilines is 1. The zero-order chi connectivity index (χ0) is 10.3. The van der Waals surface area contributed by atoms with E-state index in [0.29, 0.717) is 0 Å². The fourth-order valence-electron chi connectivity index (χ4n) is 2.04. The van der Waals surface area contributed by atoms with E-state index in [9.17, 15) is 0 Å². The third-order valence-electron chi connectivity index (χ3n) is 2.92. The van der Waals surface area contributed by atoms with Crippen molar-refractivity contribution in [1.29, 1.82) is 0 Å². The highest BCUT2D eigenvalue weighted by Gasteiger charge is 2.11. The summed E-state index contributed by atoms with van der Waals surface area (Å²) in [7, 11) is 0. The van der Waals surface area contributed by atoms with Crippen LogP contribution < -0.4 is 10.6 Å². The molecule has 0 saturated carbocycles. The largest absolute Gasteiger partial charge is 0.370 e. The lowest BCUT2D eigenvalue weighted by atomic mass is 9.96. The van der Waals surface area contributed by atoms with Crippen LogP contribution in [0.1, 0.15) is 19.3 Å². The summed E-state index contributed by atoms with van der Waals surface area (Å²) in [6.45, 7) is 3.41. The zero-order valence-corrected chi connectivity index (χ0v) is 9.08. The van der Waals surface area contributed by atoms with Crippen molar-refractivity contribution >= 4 is 5.82 Å². The van der Waals surface area contributed by atoms with Crippen LogP contribution in [0, 0.1) is 5.92 Å². The van der Waals surface area contributed by atoms with Crippen LogP contribution in [0.2, 0.25) is 0 Å². The van der Waals surface area contributed by atoms with E-state index in [4.69, 9.17) is 0 Å². The SMILES string of the molecule is c1ccc(NCCC2CCCNC2)nc1. The molecule has 3 nitrogen and oxygen atoms in total. The van der Waals surface area contributed by atoms with Crippen LogP contribution >= 0.6 is 0 Å². The first-order valence-corrected chi connectivity index (χ1v) is 5.81. The number of hydrogen-bond acceptors (Lipinski definition) is 3. The quantitative estimate of drug-likeness (QED) is 0.788. The first-order valence-electron chi connectivity index (χ1n) is 5.81. The van der Waals surface area contributed by atoms with Crippen LogP contribution in [0.3, 0.4) is 0 Å². The maximum Gasteiger partial charge on any atom is 0.125 e. The normalized spacial score (nSPS) is 21.2. The van der Waals surface area contributed by atoms with Gasteiger partial charge in [-0.25, -0.2) is 4.98 Å². The summed E-state index contributed by atoms with van der Waals surface area (Å²) in [4.78, 5) is 4.23. The number of pyridine rings is 1. The number of nitrogens with zero attached hydrogens (tertiary/aromatic N) is 1. The molecule has 1 aliphatic rings. The summed E-state index contributed by atoms with van der Waals surface area (Å²) >= 11 is 0. The fraction of sp³-hybridized carbons (Fsp3) is 0.583. The van der Waals surface area contributed by atoms with Gasteiger partial charge in [-0.1, -0.05) is 6.07 Å². The second-order valence-corrected chi connectivity index (χ2v) is 4.14. The minimum Gasteiger partial charge on any atom is -0.370 e. The predicted molar refractivity (Wildman–Crippen MR) is 62.9 cm³/mol. The third kappa shape index (κ3) is 3.51. The molecule has 2 heterocycles. The second-order valence-electron chi connectivity index (χ2n) is 4.14. The Morgan fingerprint density at radius 3 is 3.20 bits per heavy atom. The minimum absolute atomic E-state index is 0.843. The van der Waals surface area contributed by atoms with Gasteiger partial charge in [0.05, 0.1) is 0 Å². The molecule has 15 heavy (non-hydrogen) atoms. The Balaban J connectivity index is 1.66. The average Bonchev–Trinajstić information content (AvgIpc) is 2.32. The molecule has 1 unspecified atom stereocenters. The van der Waals surface area contributed by atoms with Crippen molar-refractivity contribution in [3.8, 4) is 0 Å². The van der Waals surface area contributed by atoms with Gasteiger partial charge < -0.3 is 10.6 Å². The first kappa shape index (κ1) is 10.4. The minimum atomic E-state index is 0.843. The Labute approximate surface area is 91.3 Å². The summed E-state index contributed by atoms with van der Waals surface area (Å²) in [6.07, 6.45) is 5.76. The Bertz CT molecular complexity index is 267. The third-order valence-corrected chi connectivity index (χ3v) is 2.92. The molecule has 82 valence electrons. The Morgan fingerprint density at radius 1 is 1.47 bits per heavy atom. The summed E-state index contributed by atoms with van der Waals surface area (Å²) in [5.74, 6) is 1.83. The molecule has 2 rings (SSSR count). The van der Waals surface area contributed by atoms with Gasteiger partial charge >= 0.3 is 0 Å². The van der Waals surface area contributed by atoms with Crippen molar-refractivity contribution in [2.75, 3.05) is 25.0 Å². The predicted octanol–water partition coefficient (Wildman–Crippen LogP) is 1.88. The molecule has 0 spiro atoms. The monoisotopic (exact) mass is 205 g/mol. The summed E-state index contributed by atoms with van der Waals surface area (Å²) in [5.41, 5.74) is 0. The van der Waals surface area contributed by atoms with E-state index in [1.54, 1.807) is 0 Å². The van der Waals surface area contributed by atoms with Crippen LogP contribution in [0.5, 0.6) is 0 Å². The van der Waals surface area contributed by atoms with Gasteiger partial charge in [0.1, 0.15) is 5.82 Å². The lowest BCUT2D eigenvalue weighted by Gasteiger charge is -2.22. The fourth-order valence-corrected chi connectivity index (χ4v) is 2.04. The van der Waals surface area contributed by atoms with E-state index in [-0.39, 0.29) is 0 Å². The van der Waals surface area contributed by atoms with E-state index in [2.05, 4.69) is 15.6 Å². The molecule has 1 fully saturated rings. The van der Waals surface area contributed by atoms with E-state index in [1.165, 1.54) is 32.4 Å². The highest BCUT2D eigenvalue weighted by molar-refractivity contribution is 5.32. The van der Waals surface area contributed by atoms with Crippen LogP contribution in [-0.4, -0.2) is 24.6 Å². The number of hydrogen-bond donors (Lipinski definition) is 2. The van der Waals surface area contributed by atoms with Gasteiger partial charge in [-0.05, 0) is 50.4 Å². The lowest BCUT2D eigenvalue weighted by molar-refractivity contribution is 0.364. The molecular formula is C12H19N3. The molecule has 1 saturated heterocycles. The van der Waals surface area contributed by atoms with Crippen molar-refractivity contribution in [1.82, 2.24) is 10.3 Å². The summed E-state index contributed by atoms with van der Waals surface area (Å²) in [5, 5.41) is 6.79. The van der Waals surface area contributed by atoms with Crippen molar-refractivity contribution in [3.05, 3.63) is 24.4 Å². The van der Waals surface area contributed by atoms with E-state index >= 15 is 0 Å². The van der Waals surface area contributed by atoms with Crippen molar-refractivity contribution in [3.63, 3.8) is 0 Å². The van der Waals surface area contributed by atoms with Gasteiger partial charge in [0, 0.05) is 12.7 Å². The molecule has 1 aromatic heterocycles. The maximum atomic E-state index is 4.23. The number of nitrogens with one attached hydrogen (secondary N) is 2. The van der Waals surface area contributed by atoms with E-state index in [0.717, 1.165) is 18.3 Å². The molecule has 2 N–H and O–H groups in total. The van der Waals surface area contributed by atoms with Gasteiger partial charge in [0.25, 0.3) is 0 Å². The molecule has 1 aromatic rings. The van der Waals surface area contributed by atoms with Gasteiger partial charge in [-0.2, -0.15) is 0 Å². The van der Waals surface area contributed by atoms with Gasteiger partial charge in [0.15, 0.2) is 0 Å². The Kier molecular flexibility index (Phi) is 3.97. The summed E-state index contributed by atoms with van der Waals surface area (Å²) < 4.78 is 0. The van der Waals surface area contributed by atoms with Crippen molar-refractivity contribution in [2.45, 2.75) is 19.3 Å². The zero-order valence-electron chi connectivity index (χ0n) is 9.08. The molecule has 0 amide bonds. The van der Waals surface area contributed by atoms with E-state index < -0.39 is 0 Å². The van der Waals surface area contributed by atoms with Crippen molar-refractivity contribution < 1.29 is 0 Å². The standard InChI is InChI=1S/C12H19N3/c1-2-8-14-12(5-1)15-9-6-11-4-3-7-13-10-11/h1-2,5,8,11,13H,3-4,6-7,9-10H2,(H,14,15). The number of aromatic nitrogens is 1. The van der Waals surface area contributed by atoms with Crippen LogP contribution in [-0.2, 0) is 0 Å². The van der Waals surface area contributed by atoms with Gasteiger partial charge in [0.2, 0.25) is 0 Å². The lowest BCUT2D eigenvalue weighted by Crippen LogP contribution is -2.30. The Hall–Kier alpha value is -1.09. The number of piperidine rings is 1. The number of rotatable bonds is 4. The first-order chi connectivity index (χ1) is 7.45. The van der Waals surface area contributed by atoms with Crippen LogP contribution in [0.25, 0.3) is 0 Å². The van der Waals surface area contributed by atoms with Crippen molar-refractivity contribution in [2.24, 2.45) is 5.92 Å². The van der Waals surface area contributed by atoms with Gasteiger partial charge in [-0.3, -0.25) is 0 Å². The second kappa shape index (κ2) is 5.71.